The maximum absolute atomic E-state index is 12.3. The van der Waals surface area contributed by atoms with Crippen LogP contribution in [0.1, 0.15) is 81.9 Å². The van der Waals surface area contributed by atoms with Gasteiger partial charge in [0.05, 0.1) is 40.0 Å². The second-order valence-corrected chi connectivity index (χ2v) is 5.27. The van der Waals surface area contributed by atoms with Crippen molar-refractivity contribution in [2.75, 3.05) is 6.61 Å². The molecule has 0 amide bonds. The summed E-state index contributed by atoms with van der Waals surface area (Å²) < 4.78 is 4.72. The van der Waals surface area contributed by atoms with Gasteiger partial charge >= 0.3 is 35.8 Å². The molecule has 0 saturated heterocycles. The lowest BCUT2D eigenvalue weighted by Gasteiger charge is -2.17. The lowest BCUT2D eigenvalue weighted by Crippen LogP contribution is -2.28. The van der Waals surface area contributed by atoms with Crippen LogP contribution < -0.4 is 0 Å². The van der Waals surface area contributed by atoms with E-state index < -0.39 is 69.2 Å². The lowest BCUT2D eigenvalue weighted by molar-refractivity contribution is 0.0476. The molecular formula is C16H14O12. The Balaban J connectivity index is 4.22. The molecule has 12 nitrogen and oxygen atoms in total. The average molecular weight is 398 g/mol. The van der Waals surface area contributed by atoms with Gasteiger partial charge in [0.1, 0.15) is 0 Å². The summed E-state index contributed by atoms with van der Waals surface area (Å²) in [7, 11) is 0. The normalized spacial score (nSPS) is 10.2. The lowest BCUT2D eigenvalue weighted by atomic mass is 9.86. The van der Waals surface area contributed by atoms with Crippen LogP contribution in [-0.4, -0.2) is 68.0 Å². The second kappa shape index (κ2) is 8.62. The number of carbonyl (C=O) groups excluding carboxylic acids is 1. The Hall–Kier alpha value is -3.96. The van der Waals surface area contributed by atoms with Crippen LogP contribution in [0.3, 0.4) is 0 Å². The zero-order valence-corrected chi connectivity index (χ0v) is 14.2. The number of hydrogen-bond acceptors (Lipinski definition) is 7. The summed E-state index contributed by atoms with van der Waals surface area (Å²) in [5.41, 5.74) is -9.03. The zero-order chi connectivity index (χ0) is 21.8. The molecule has 0 aliphatic heterocycles. The largest absolute Gasteiger partial charge is 0.478 e. The van der Waals surface area contributed by atoms with Crippen molar-refractivity contribution in [1.82, 2.24) is 0 Å². The van der Waals surface area contributed by atoms with Gasteiger partial charge in [-0.05, 0) is 6.42 Å². The Morgan fingerprint density at radius 2 is 0.893 bits per heavy atom. The molecule has 0 bridgehead atoms. The molecule has 1 aromatic rings. The van der Waals surface area contributed by atoms with Crippen LogP contribution in [0.2, 0.25) is 0 Å². The third-order valence-corrected chi connectivity index (χ3v) is 3.50. The Kier molecular flexibility index (Phi) is 6.80. The fourth-order valence-electron chi connectivity index (χ4n) is 2.40. The molecule has 5 N–H and O–H groups in total. The fourth-order valence-corrected chi connectivity index (χ4v) is 2.40. The Bertz CT molecular complexity index is 842. The van der Waals surface area contributed by atoms with Gasteiger partial charge in [-0.1, -0.05) is 13.3 Å². The molecule has 0 fully saturated rings. The summed E-state index contributed by atoms with van der Waals surface area (Å²) in [4.78, 5) is 70.0. The standard InChI is InChI=1S/C16H14O12/c1-2-3-4-28-16(27)10-8(14(23)24)6(12(19)20)5(11(17)18)7(13(21)22)9(10)15(25)26/h2-4H2,1H3,(H,17,18)(H,19,20)(H,21,22)(H,23,24)(H,25,26). The number of unbranched alkanes of at least 4 members (excludes halogenated alkanes) is 1. The molecule has 0 saturated carbocycles. The molecule has 0 spiro atoms. The smallest absolute Gasteiger partial charge is 0.339 e. The van der Waals surface area contributed by atoms with Gasteiger partial charge in [-0.3, -0.25) is 0 Å². The van der Waals surface area contributed by atoms with E-state index in [4.69, 9.17) is 4.74 Å². The van der Waals surface area contributed by atoms with Crippen molar-refractivity contribution in [2.45, 2.75) is 19.8 Å². The third-order valence-electron chi connectivity index (χ3n) is 3.50. The van der Waals surface area contributed by atoms with Gasteiger partial charge in [-0.25, -0.2) is 28.8 Å². The first-order chi connectivity index (χ1) is 13.0. The Morgan fingerprint density at radius 1 is 0.607 bits per heavy atom. The summed E-state index contributed by atoms with van der Waals surface area (Å²) >= 11 is 0. The summed E-state index contributed by atoms with van der Waals surface area (Å²) in [6.45, 7) is 1.42. The molecule has 0 aliphatic carbocycles. The summed E-state index contributed by atoms with van der Waals surface area (Å²) in [6.07, 6.45) is 0.824. The molecular weight excluding hydrogens is 384 g/mol. The highest BCUT2D eigenvalue weighted by atomic mass is 16.5. The minimum atomic E-state index is -2.20. The number of carbonyl (C=O) groups is 6. The summed E-state index contributed by atoms with van der Waals surface area (Å²) in [5, 5.41) is 46.5. The monoisotopic (exact) mass is 398 g/mol. The van der Waals surface area contributed by atoms with Crippen LogP contribution >= 0.6 is 0 Å². The molecule has 0 radical (unpaired) electrons. The van der Waals surface area contributed by atoms with Crippen LogP contribution in [0.25, 0.3) is 0 Å². The highest BCUT2D eigenvalue weighted by Crippen LogP contribution is 2.30. The van der Waals surface area contributed by atoms with E-state index in [1.54, 1.807) is 6.92 Å². The zero-order valence-electron chi connectivity index (χ0n) is 14.2. The third kappa shape index (κ3) is 4.06. The highest BCUT2D eigenvalue weighted by Gasteiger charge is 2.40. The minimum absolute atomic E-state index is 0.293. The average Bonchev–Trinajstić information content (AvgIpc) is 2.58. The first kappa shape index (κ1) is 22.1. The fraction of sp³-hybridized carbons (Fsp3) is 0.250. The Morgan fingerprint density at radius 3 is 1.14 bits per heavy atom. The number of ether oxygens (including phenoxy) is 1. The number of carboxylic acids is 5. The van der Waals surface area contributed by atoms with Crippen molar-refractivity contribution in [3.63, 3.8) is 0 Å². The van der Waals surface area contributed by atoms with Crippen molar-refractivity contribution in [2.24, 2.45) is 0 Å². The Labute approximate surface area is 155 Å². The van der Waals surface area contributed by atoms with Crippen LogP contribution in [0, 0.1) is 0 Å². The molecule has 28 heavy (non-hydrogen) atoms. The number of aromatic carboxylic acids is 5. The topological polar surface area (TPSA) is 213 Å². The van der Waals surface area contributed by atoms with E-state index in [2.05, 4.69) is 0 Å². The summed E-state index contributed by atoms with van der Waals surface area (Å²) in [5.74, 6) is -12.5. The van der Waals surface area contributed by atoms with Gasteiger partial charge in [0.2, 0.25) is 0 Å². The predicted molar refractivity (Wildman–Crippen MR) is 86.4 cm³/mol. The van der Waals surface area contributed by atoms with E-state index in [1.165, 1.54) is 0 Å². The van der Waals surface area contributed by atoms with Gasteiger partial charge < -0.3 is 30.3 Å². The van der Waals surface area contributed by atoms with Crippen molar-refractivity contribution in [3.8, 4) is 0 Å². The number of carboxylic acid groups (broad SMARTS) is 5. The van der Waals surface area contributed by atoms with E-state index in [1.807, 2.05) is 0 Å². The number of rotatable bonds is 9. The number of benzene rings is 1. The molecule has 0 unspecified atom stereocenters. The van der Waals surface area contributed by atoms with E-state index >= 15 is 0 Å². The molecule has 150 valence electrons. The summed E-state index contributed by atoms with van der Waals surface area (Å²) in [6, 6.07) is 0. The van der Waals surface area contributed by atoms with E-state index in [9.17, 15) is 54.3 Å². The molecule has 0 aliphatic rings. The molecule has 0 atom stereocenters. The number of esters is 1. The van der Waals surface area contributed by atoms with Crippen molar-refractivity contribution in [3.05, 3.63) is 33.4 Å². The molecule has 0 aromatic heterocycles. The SMILES string of the molecule is CCCCOC(=O)c1c(C(=O)O)c(C(=O)O)c(C(=O)O)c(C(=O)O)c1C(=O)O. The van der Waals surface area contributed by atoms with Crippen molar-refractivity contribution < 1.29 is 59.0 Å². The molecule has 1 rings (SSSR count). The van der Waals surface area contributed by atoms with Crippen molar-refractivity contribution in [1.29, 1.82) is 0 Å². The van der Waals surface area contributed by atoms with Crippen LogP contribution in [0.4, 0.5) is 0 Å². The van der Waals surface area contributed by atoms with Gasteiger partial charge in [-0.2, -0.15) is 0 Å². The minimum Gasteiger partial charge on any atom is -0.478 e. The van der Waals surface area contributed by atoms with E-state index in [0.29, 0.717) is 12.8 Å². The maximum atomic E-state index is 12.3. The first-order valence-corrected chi connectivity index (χ1v) is 7.54. The second-order valence-electron chi connectivity index (χ2n) is 5.27. The van der Waals surface area contributed by atoms with Crippen molar-refractivity contribution >= 4 is 35.8 Å². The van der Waals surface area contributed by atoms with Gasteiger partial charge in [-0.15, -0.1) is 0 Å². The van der Waals surface area contributed by atoms with Gasteiger partial charge in [0.15, 0.2) is 0 Å². The quantitative estimate of drug-likeness (QED) is 0.292. The van der Waals surface area contributed by atoms with Crippen LogP contribution in [-0.2, 0) is 4.74 Å². The number of hydrogen-bond donors (Lipinski definition) is 5. The molecule has 12 heteroatoms. The van der Waals surface area contributed by atoms with E-state index in [-0.39, 0.29) is 6.61 Å². The molecule has 0 heterocycles. The van der Waals surface area contributed by atoms with Crippen LogP contribution in [0.5, 0.6) is 0 Å². The molecule has 1 aromatic carbocycles. The van der Waals surface area contributed by atoms with E-state index in [0.717, 1.165) is 0 Å². The predicted octanol–water partition coefficient (Wildman–Crippen LogP) is 1.13. The van der Waals surface area contributed by atoms with Crippen LogP contribution in [0.15, 0.2) is 0 Å². The maximum Gasteiger partial charge on any atom is 0.339 e. The highest BCUT2D eigenvalue weighted by molar-refractivity contribution is 6.23. The van der Waals surface area contributed by atoms with Gasteiger partial charge in [0, 0.05) is 0 Å². The first-order valence-electron chi connectivity index (χ1n) is 7.54. The van der Waals surface area contributed by atoms with Gasteiger partial charge in [0.25, 0.3) is 0 Å².